The molecule has 5 nitrogen and oxygen atoms in total. The molecular weight excluding hydrogens is 232 g/mol. The third-order valence-corrected chi connectivity index (χ3v) is 2.52. The molecule has 0 radical (unpaired) electrons. The summed E-state index contributed by atoms with van der Waals surface area (Å²) in [4.78, 5) is 21.8. The maximum atomic E-state index is 11.4. The van der Waals surface area contributed by atoms with Gasteiger partial charge in [-0.3, -0.25) is 9.59 Å². The summed E-state index contributed by atoms with van der Waals surface area (Å²) in [5.41, 5.74) is 6.63. The fourth-order valence-electron chi connectivity index (χ4n) is 1.56. The minimum atomic E-state index is -1.07. The highest BCUT2D eigenvalue weighted by Crippen LogP contribution is 2.01. The highest BCUT2D eigenvalue weighted by atomic mass is 16.4. The lowest BCUT2D eigenvalue weighted by Gasteiger charge is -2.09. The SMILES string of the molecule is N[C@@H](CC(=O)O)C(=O)NCCCc1ccccc1. The van der Waals surface area contributed by atoms with Crippen LogP contribution in [0.3, 0.4) is 0 Å². The molecule has 0 aromatic heterocycles. The predicted octanol–water partition coefficient (Wildman–Crippen LogP) is 0.537. The lowest BCUT2D eigenvalue weighted by Crippen LogP contribution is -2.42. The highest BCUT2D eigenvalue weighted by Gasteiger charge is 2.15. The molecule has 0 aliphatic heterocycles. The molecule has 4 N–H and O–H groups in total. The van der Waals surface area contributed by atoms with Gasteiger partial charge in [-0.1, -0.05) is 30.3 Å². The zero-order valence-corrected chi connectivity index (χ0v) is 10.1. The summed E-state index contributed by atoms with van der Waals surface area (Å²) in [6.45, 7) is 0.501. The van der Waals surface area contributed by atoms with Crippen LogP contribution in [0.1, 0.15) is 18.4 Å². The molecule has 0 aliphatic rings. The summed E-state index contributed by atoms with van der Waals surface area (Å²) < 4.78 is 0. The van der Waals surface area contributed by atoms with E-state index in [0.717, 1.165) is 12.8 Å². The van der Waals surface area contributed by atoms with Crippen LogP contribution in [0.4, 0.5) is 0 Å². The average molecular weight is 250 g/mol. The van der Waals surface area contributed by atoms with E-state index in [0.29, 0.717) is 6.54 Å². The number of rotatable bonds is 7. The van der Waals surface area contributed by atoms with E-state index in [4.69, 9.17) is 10.8 Å². The molecule has 0 saturated carbocycles. The Morgan fingerprint density at radius 2 is 1.94 bits per heavy atom. The number of amides is 1. The van der Waals surface area contributed by atoms with Gasteiger partial charge in [0, 0.05) is 6.54 Å². The first-order chi connectivity index (χ1) is 8.59. The molecule has 1 aromatic rings. The number of aryl methyl sites for hydroxylation is 1. The monoisotopic (exact) mass is 250 g/mol. The zero-order valence-electron chi connectivity index (χ0n) is 10.1. The van der Waals surface area contributed by atoms with Crippen molar-refractivity contribution in [1.82, 2.24) is 5.32 Å². The van der Waals surface area contributed by atoms with Gasteiger partial charge in [-0.05, 0) is 18.4 Å². The van der Waals surface area contributed by atoms with Crippen molar-refractivity contribution in [3.8, 4) is 0 Å². The fraction of sp³-hybridized carbons (Fsp3) is 0.385. The van der Waals surface area contributed by atoms with Crippen molar-refractivity contribution in [3.05, 3.63) is 35.9 Å². The van der Waals surface area contributed by atoms with Gasteiger partial charge in [-0.15, -0.1) is 0 Å². The number of nitrogens with one attached hydrogen (secondary N) is 1. The van der Waals surface area contributed by atoms with Crippen LogP contribution in [0.2, 0.25) is 0 Å². The minimum absolute atomic E-state index is 0.343. The van der Waals surface area contributed by atoms with Crippen molar-refractivity contribution in [2.45, 2.75) is 25.3 Å². The molecular formula is C13H18N2O3. The van der Waals surface area contributed by atoms with Crippen molar-refractivity contribution in [2.24, 2.45) is 5.73 Å². The van der Waals surface area contributed by atoms with E-state index in [2.05, 4.69) is 5.32 Å². The summed E-state index contributed by atoms with van der Waals surface area (Å²) in [6.07, 6.45) is 1.33. The van der Waals surface area contributed by atoms with Gasteiger partial charge >= 0.3 is 5.97 Å². The Kier molecular flexibility index (Phi) is 5.87. The standard InChI is InChI=1S/C13H18N2O3/c14-11(9-12(16)17)13(18)15-8-4-7-10-5-2-1-3-6-10/h1-3,5-6,11H,4,7-9,14H2,(H,15,18)(H,16,17)/t11-/m0/s1. The van der Waals surface area contributed by atoms with Crippen LogP contribution in [-0.4, -0.2) is 29.6 Å². The number of carboxylic acids is 1. The van der Waals surface area contributed by atoms with Gasteiger partial charge in [0.15, 0.2) is 0 Å². The van der Waals surface area contributed by atoms with E-state index in [1.165, 1.54) is 5.56 Å². The van der Waals surface area contributed by atoms with Crippen molar-refractivity contribution in [3.63, 3.8) is 0 Å². The molecule has 1 atom stereocenters. The lowest BCUT2D eigenvalue weighted by molar-refractivity contribution is -0.139. The molecule has 0 aliphatic carbocycles. The number of hydrogen-bond acceptors (Lipinski definition) is 3. The number of carboxylic acid groups (broad SMARTS) is 1. The molecule has 98 valence electrons. The van der Waals surface area contributed by atoms with E-state index in [-0.39, 0.29) is 6.42 Å². The Bertz CT molecular complexity index is 392. The van der Waals surface area contributed by atoms with E-state index in [1.807, 2.05) is 30.3 Å². The van der Waals surface area contributed by atoms with Gasteiger partial charge in [0.25, 0.3) is 0 Å². The Hall–Kier alpha value is -1.88. The van der Waals surface area contributed by atoms with Gasteiger partial charge in [-0.2, -0.15) is 0 Å². The van der Waals surface area contributed by atoms with Crippen LogP contribution in [0.5, 0.6) is 0 Å². The molecule has 0 bridgehead atoms. The van der Waals surface area contributed by atoms with Crippen LogP contribution in [0.15, 0.2) is 30.3 Å². The maximum Gasteiger partial charge on any atom is 0.305 e. The van der Waals surface area contributed by atoms with Crippen molar-refractivity contribution >= 4 is 11.9 Å². The average Bonchev–Trinajstić information content (AvgIpc) is 2.34. The number of benzene rings is 1. The first-order valence-corrected chi connectivity index (χ1v) is 5.88. The van der Waals surface area contributed by atoms with Gasteiger partial charge in [0.1, 0.15) is 0 Å². The maximum absolute atomic E-state index is 11.4. The Morgan fingerprint density at radius 3 is 2.56 bits per heavy atom. The van der Waals surface area contributed by atoms with Gasteiger partial charge < -0.3 is 16.2 Å². The molecule has 18 heavy (non-hydrogen) atoms. The molecule has 0 unspecified atom stereocenters. The van der Waals surface area contributed by atoms with Crippen LogP contribution in [0, 0.1) is 0 Å². The second kappa shape index (κ2) is 7.45. The zero-order chi connectivity index (χ0) is 13.4. The molecule has 0 spiro atoms. The number of aliphatic carboxylic acids is 1. The van der Waals surface area contributed by atoms with Gasteiger partial charge in [0.2, 0.25) is 5.91 Å². The van der Waals surface area contributed by atoms with Crippen molar-refractivity contribution in [2.75, 3.05) is 6.54 Å². The van der Waals surface area contributed by atoms with Crippen molar-refractivity contribution in [1.29, 1.82) is 0 Å². The van der Waals surface area contributed by atoms with Crippen LogP contribution in [0.25, 0.3) is 0 Å². The van der Waals surface area contributed by atoms with E-state index < -0.39 is 17.9 Å². The van der Waals surface area contributed by atoms with E-state index >= 15 is 0 Å². The van der Waals surface area contributed by atoms with Gasteiger partial charge in [-0.25, -0.2) is 0 Å². The Labute approximate surface area is 106 Å². The molecule has 5 heteroatoms. The minimum Gasteiger partial charge on any atom is -0.481 e. The highest BCUT2D eigenvalue weighted by molar-refractivity contribution is 5.85. The molecule has 1 amide bonds. The van der Waals surface area contributed by atoms with Crippen LogP contribution >= 0.6 is 0 Å². The molecule has 1 rings (SSSR count). The summed E-state index contributed by atoms with van der Waals surface area (Å²) in [5.74, 6) is -1.48. The second-order valence-corrected chi connectivity index (χ2v) is 4.08. The quantitative estimate of drug-likeness (QED) is 0.616. The normalized spacial score (nSPS) is 11.8. The first kappa shape index (κ1) is 14.2. The van der Waals surface area contributed by atoms with Gasteiger partial charge in [0.05, 0.1) is 12.5 Å². The number of hydrogen-bond donors (Lipinski definition) is 3. The Balaban J connectivity index is 2.18. The first-order valence-electron chi connectivity index (χ1n) is 5.88. The smallest absolute Gasteiger partial charge is 0.305 e. The Morgan fingerprint density at radius 1 is 1.28 bits per heavy atom. The largest absolute Gasteiger partial charge is 0.481 e. The molecule has 0 heterocycles. The number of carbonyl (C=O) groups excluding carboxylic acids is 1. The van der Waals surface area contributed by atoms with Crippen LogP contribution < -0.4 is 11.1 Å². The predicted molar refractivity (Wildman–Crippen MR) is 68.0 cm³/mol. The molecule has 1 aromatic carbocycles. The fourth-order valence-corrected chi connectivity index (χ4v) is 1.56. The lowest BCUT2D eigenvalue weighted by atomic mass is 10.1. The number of carbonyl (C=O) groups is 2. The van der Waals surface area contributed by atoms with E-state index in [9.17, 15) is 9.59 Å². The molecule has 0 saturated heterocycles. The molecule has 0 fully saturated rings. The summed E-state index contributed by atoms with van der Waals surface area (Å²) in [7, 11) is 0. The number of nitrogens with two attached hydrogens (primary N) is 1. The summed E-state index contributed by atoms with van der Waals surface area (Å²) in [6, 6.07) is 8.97. The van der Waals surface area contributed by atoms with E-state index in [1.54, 1.807) is 0 Å². The third kappa shape index (κ3) is 5.45. The third-order valence-electron chi connectivity index (χ3n) is 2.52. The summed E-state index contributed by atoms with van der Waals surface area (Å²) in [5, 5.41) is 11.1. The topological polar surface area (TPSA) is 92.4 Å². The summed E-state index contributed by atoms with van der Waals surface area (Å²) >= 11 is 0. The van der Waals surface area contributed by atoms with Crippen molar-refractivity contribution < 1.29 is 14.7 Å². The second-order valence-electron chi connectivity index (χ2n) is 4.08. The van der Waals surface area contributed by atoms with Crippen LogP contribution in [-0.2, 0) is 16.0 Å².